The van der Waals surface area contributed by atoms with Crippen molar-refractivity contribution < 1.29 is 23.8 Å². The van der Waals surface area contributed by atoms with Gasteiger partial charge < -0.3 is 15.2 Å². The van der Waals surface area contributed by atoms with Gasteiger partial charge in [0.05, 0.1) is 23.4 Å². The lowest BCUT2D eigenvalue weighted by Crippen LogP contribution is -2.49. The molecule has 2 aromatic rings. The maximum Gasteiger partial charge on any atom is 0.308 e. The number of amides is 1. The summed E-state index contributed by atoms with van der Waals surface area (Å²) >= 11 is 0. The van der Waals surface area contributed by atoms with Gasteiger partial charge in [0.1, 0.15) is 30.2 Å². The summed E-state index contributed by atoms with van der Waals surface area (Å²) in [7, 11) is 0. The van der Waals surface area contributed by atoms with Gasteiger partial charge in [-0.3, -0.25) is 19.0 Å². The van der Waals surface area contributed by atoms with Crippen molar-refractivity contribution in [2.75, 3.05) is 6.67 Å². The molecule has 3 atom stereocenters. The van der Waals surface area contributed by atoms with E-state index >= 15 is 0 Å². The molecule has 1 aromatic carbocycles. The highest BCUT2D eigenvalue weighted by Crippen LogP contribution is 2.25. The molecule has 9 heteroatoms. The molecule has 1 aromatic heterocycles. The average molecular weight is 419 g/mol. The summed E-state index contributed by atoms with van der Waals surface area (Å²) in [6, 6.07) is 4.85. The highest BCUT2D eigenvalue weighted by atomic mass is 19.1. The summed E-state index contributed by atoms with van der Waals surface area (Å²) in [6.07, 6.45) is -1.19. The van der Waals surface area contributed by atoms with Crippen LogP contribution in [0.3, 0.4) is 0 Å². The van der Waals surface area contributed by atoms with E-state index in [1.807, 2.05) is 0 Å². The molecule has 0 radical (unpaired) electrons. The molecule has 30 heavy (non-hydrogen) atoms. The van der Waals surface area contributed by atoms with Crippen molar-refractivity contribution in [3.05, 3.63) is 40.4 Å². The highest BCUT2D eigenvalue weighted by Gasteiger charge is 2.34. The molecule has 0 fully saturated rings. The van der Waals surface area contributed by atoms with E-state index < -0.39 is 48.8 Å². The molecule has 3 rings (SSSR count). The third-order valence-electron chi connectivity index (χ3n) is 4.89. The van der Waals surface area contributed by atoms with Crippen molar-refractivity contribution in [1.29, 1.82) is 0 Å². The van der Waals surface area contributed by atoms with Gasteiger partial charge in [-0.15, -0.1) is 0 Å². The maximum absolute atomic E-state index is 13.1. The first-order chi connectivity index (χ1) is 14.1. The topological polar surface area (TPSA) is 111 Å². The Balaban J connectivity index is 1.82. The van der Waals surface area contributed by atoms with Crippen molar-refractivity contribution in [3.63, 3.8) is 0 Å². The zero-order valence-corrected chi connectivity index (χ0v) is 17.2. The number of alkyl halides is 1. The number of aliphatic hydroxyl groups excluding tert-OH is 1. The van der Waals surface area contributed by atoms with Gasteiger partial charge >= 0.3 is 5.97 Å². The van der Waals surface area contributed by atoms with Crippen LogP contribution in [-0.4, -0.2) is 51.0 Å². The number of halogens is 1. The van der Waals surface area contributed by atoms with E-state index in [1.165, 1.54) is 4.57 Å². The Bertz CT molecular complexity index is 1010. The fourth-order valence-electron chi connectivity index (χ4n) is 3.57. The molecular formula is C21H26FN3O5. The molecule has 1 amide bonds. The number of hydrogen-bond donors (Lipinski definition) is 2. The Morgan fingerprint density at radius 1 is 1.37 bits per heavy atom. The largest absolute Gasteiger partial charge is 0.460 e. The number of carbonyl (C=O) groups is 2. The van der Waals surface area contributed by atoms with Gasteiger partial charge in [-0.1, -0.05) is 12.1 Å². The van der Waals surface area contributed by atoms with Crippen molar-refractivity contribution >= 4 is 22.8 Å². The second kappa shape index (κ2) is 8.51. The molecule has 2 heterocycles. The van der Waals surface area contributed by atoms with Gasteiger partial charge in [0.25, 0.3) is 5.56 Å². The standard InChI is InChI=1S/C21H26FN3O5/c1-21(2,3)30-18(27)10-14(16(26)11-22)24-19(28)15-8-9-17-23-13-7-5-4-6-12(13)20(29)25(15)17/h4-7,14-16,26H,8-11H2,1-3H3,(H,24,28)/t14-,15-,16-/m0/s1. The minimum absolute atomic E-state index is 0.331. The number of ether oxygens (including phenoxy) is 1. The van der Waals surface area contributed by atoms with Gasteiger partial charge in [-0.2, -0.15) is 0 Å². The van der Waals surface area contributed by atoms with Crippen LogP contribution in [0.5, 0.6) is 0 Å². The summed E-state index contributed by atoms with van der Waals surface area (Å²) in [5, 5.41) is 12.9. The second-order valence-corrected chi connectivity index (χ2v) is 8.40. The van der Waals surface area contributed by atoms with E-state index in [4.69, 9.17) is 4.74 Å². The Morgan fingerprint density at radius 2 is 2.07 bits per heavy atom. The normalized spacial score (nSPS) is 18.0. The maximum atomic E-state index is 13.1. The minimum Gasteiger partial charge on any atom is -0.460 e. The van der Waals surface area contributed by atoms with Crippen LogP contribution < -0.4 is 10.9 Å². The van der Waals surface area contributed by atoms with Gasteiger partial charge in [-0.25, -0.2) is 9.37 Å². The average Bonchev–Trinajstić information content (AvgIpc) is 3.09. The van der Waals surface area contributed by atoms with Crippen molar-refractivity contribution in [1.82, 2.24) is 14.9 Å². The second-order valence-electron chi connectivity index (χ2n) is 8.40. The Kier molecular flexibility index (Phi) is 6.21. The molecule has 1 aliphatic rings. The highest BCUT2D eigenvalue weighted by molar-refractivity contribution is 5.83. The van der Waals surface area contributed by atoms with E-state index in [-0.39, 0.29) is 5.56 Å². The summed E-state index contributed by atoms with van der Waals surface area (Å²) in [4.78, 5) is 42.4. The molecule has 8 nitrogen and oxygen atoms in total. The number of esters is 1. The number of aryl methyl sites for hydroxylation is 1. The van der Waals surface area contributed by atoms with Crippen LogP contribution >= 0.6 is 0 Å². The number of nitrogens with zero attached hydrogens (tertiary/aromatic N) is 2. The molecular weight excluding hydrogens is 393 g/mol. The van der Waals surface area contributed by atoms with E-state index in [0.717, 1.165) is 0 Å². The SMILES string of the molecule is CC(C)(C)OC(=O)C[C@H](NC(=O)[C@@H]1CCc2nc3ccccc3c(=O)n21)[C@@H](O)CF. The lowest BCUT2D eigenvalue weighted by Gasteiger charge is -2.26. The first-order valence-corrected chi connectivity index (χ1v) is 9.87. The Labute approximate surface area is 173 Å². The molecule has 0 saturated heterocycles. The number of carbonyl (C=O) groups excluding carboxylic acids is 2. The van der Waals surface area contributed by atoms with Crippen LogP contribution in [0.1, 0.15) is 45.5 Å². The van der Waals surface area contributed by atoms with E-state index in [2.05, 4.69) is 10.3 Å². The predicted octanol–water partition coefficient (Wildman–Crippen LogP) is 1.43. The lowest BCUT2D eigenvalue weighted by atomic mass is 10.1. The summed E-state index contributed by atoms with van der Waals surface area (Å²) < 4.78 is 19.7. The molecule has 2 N–H and O–H groups in total. The molecule has 0 aliphatic carbocycles. The van der Waals surface area contributed by atoms with Crippen molar-refractivity contribution in [3.8, 4) is 0 Å². The Hall–Kier alpha value is -2.81. The Morgan fingerprint density at radius 3 is 2.73 bits per heavy atom. The summed E-state index contributed by atoms with van der Waals surface area (Å²) in [5.74, 6) is -0.750. The van der Waals surface area contributed by atoms with Gasteiger partial charge in [0, 0.05) is 6.42 Å². The fourth-order valence-corrected chi connectivity index (χ4v) is 3.57. The monoisotopic (exact) mass is 419 g/mol. The number of aliphatic hydroxyl groups is 1. The quantitative estimate of drug-likeness (QED) is 0.686. The number of fused-ring (bicyclic) bond motifs is 2. The van der Waals surface area contributed by atoms with Crippen molar-refractivity contribution in [2.24, 2.45) is 0 Å². The van der Waals surface area contributed by atoms with Crippen LogP contribution in [0.15, 0.2) is 29.1 Å². The first-order valence-electron chi connectivity index (χ1n) is 9.87. The number of rotatable bonds is 6. The van der Waals surface area contributed by atoms with E-state index in [1.54, 1.807) is 45.0 Å². The fraction of sp³-hybridized carbons (Fsp3) is 0.524. The van der Waals surface area contributed by atoms with Gasteiger partial charge in [0.2, 0.25) is 5.91 Å². The van der Waals surface area contributed by atoms with Gasteiger partial charge in [0.15, 0.2) is 0 Å². The van der Waals surface area contributed by atoms with Gasteiger partial charge in [-0.05, 0) is 39.3 Å². The number of benzene rings is 1. The summed E-state index contributed by atoms with van der Waals surface area (Å²) in [5.41, 5.74) is -0.523. The molecule has 1 aliphatic heterocycles. The number of para-hydroxylation sites is 1. The van der Waals surface area contributed by atoms with E-state index in [0.29, 0.717) is 29.6 Å². The van der Waals surface area contributed by atoms with Crippen LogP contribution in [0, 0.1) is 0 Å². The van der Waals surface area contributed by atoms with Crippen LogP contribution in [0.2, 0.25) is 0 Å². The summed E-state index contributed by atoms with van der Waals surface area (Å²) in [6.45, 7) is 3.91. The number of aromatic nitrogens is 2. The van der Waals surface area contributed by atoms with Crippen LogP contribution in [0.25, 0.3) is 10.9 Å². The number of nitrogens with one attached hydrogen (secondary N) is 1. The smallest absolute Gasteiger partial charge is 0.308 e. The molecule has 0 unspecified atom stereocenters. The lowest BCUT2D eigenvalue weighted by molar-refractivity contribution is -0.156. The van der Waals surface area contributed by atoms with Crippen LogP contribution in [0.4, 0.5) is 4.39 Å². The zero-order valence-electron chi connectivity index (χ0n) is 17.2. The zero-order chi connectivity index (χ0) is 22.1. The predicted molar refractivity (Wildman–Crippen MR) is 108 cm³/mol. The first kappa shape index (κ1) is 21.9. The molecule has 0 bridgehead atoms. The molecule has 0 saturated carbocycles. The molecule has 0 spiro atoms. The molecule has 162 valence electrons. The van der Waals surface area contributed by atoms with E-state index in [9.17, 15) is 23.9 Å². The van der Waals surface area contributed by atoms with Crippen molar-refractivity contribution in [2.45, 2.75) is 63.8 Å². The third kappa shape index (κ3) is 4.67. The van der Waals surface area contributed by atoms with Crippen LogP contribution in [-0.2, 0) is 20.7 Å². The third-order valence-corrected chi connectivity index (χ3v) is 4.89. The minimum atomic E-state index is -1.58. The number of hydrogen-bond acceptors (Lipinski definition) is 6.